The van der Waals surface area contributed by atoms with Gasteiger partial charge in [-0.25, -0.2) is 13.1 Å². The Kier molecular flexibility index (Phi) is 4.34. The molecule has 2 aromatic carbocycles. The molecule has 144 valence electrons. The minimum absolute atomic E-state index is 0.0459. The first-order valence-electron chi connectivity index (χ1n) is 8.93. The molecule has 0 radical (unpaired) electrons. The van der Waals surface area contributed by atoms with E-state index in [-0.39, 0.29) is 4.90 Å². The Morgan fingerprint density at radius 1 is 1.14 bits per heavy atom. The van der Waals surface area contributed by atoms with E-state index in [0.29, 0.717) is 29.5 Å². The highest BCUT2D eigenvalue weighted by atomic mass is 32.2. The van der Waals surface area contributed by atoms with Crippen LogP contribution in [0.1, 0.15) is 24.0 Å². The Morgan fingerprint density at radius 3 is 2.64 bits per heavy atom. The number of amides is 1. The number of rotatable bonds is 5. The summed E-state index contributed by atoms with van der Waals surface area (Å²) in [6, 6.07) is 13.7. The van der Waals surface area contributed by atoms with E-state index < -0.39 is 21.3 Å². The lowest BCUT2D eigenvalue weighted by Gasteiger charge is -2.19. The molecule has 1 fully saturated rings. The number of methoxy groups -OCH3 is 1. The fourth-order valence-electron chi connectivity index (χ4n) is 3.57. The van der Waals surface area contributed by atoms with Gasteiger partial charge < -0.3 is 4.74 Å². The number of hydrogen-bond acceptors (Lipinski definition) is 5. The molecule has 1 saturated carbocycles. The van der Waals surface area contributed by atoms with Gasteiger partial charge in [0.15, 0.2) is 0 Å². The molecule has 1 aromatic heterocycles. The van der Waals surface area contributed by atoms with Crippen molar-refractivity contribution in [3.05, 3.63) is 65.9 Å². The molecule has 3 aromatic rings. The van der Waals surface area contributed by atoms with Crippen LogP contribution in [0.2, 0.25) is 0 Å². The van der Waals surface area contributed by atoms with E-state index in [1.807, 2.05) is 25.1 Å². The number of benzene rings is 2. The van der Waals surface area contributed by atoms with Gasteiger partial charge in [-0.1, -0.05) is 12.1 Å². The van der Waals surface area contributed by atoms with Crippen LogP contribution in [-0.2, 0) is 20.2 Å². The summed E-state index contributed by atoms with van der Waals surface area (Å²) in [4.78, 5) is 17.3. The van der Waals surface area contributed by atoms with Gasteiger partial charge in [0.05, 0.1) is 22.9 Å². The number of nitrogens with zero attached hydrogens (tertiary/aromatic N) is 1. The number of carbonyl (C=O) groups is 1. The molecule has 0 unspecified atom stereocenters. The summed E-state index contributed by atoms with van der Waals surface area (Å²) >= 11 is 0. The van der Waals surface area contributed by atoms with Crippen molar-refractivity contribution < 1.29 is 17.9 Å². The number of fused-ring (bicyclic) bond motifs is 1. The summed E-state index contributed by atoms with van der Waals surface area (Å²) in [5.41, 5.74) is 1.45. The second-order valence-electron chi connectivity index (χ2n) is 7.02. The van der Waals surface area contributed by atoms with Crippen molar-refractivity contribution in [3.8, 4) is 5.75 Å². The van der Waals surface area contributed by atoms with Crippen molar-refractivity contribution in [2.24, 2.45) is 0 Å². The highest BCUT2D eigenvalue weighted by molar-refractivity contribution is 7.90. The van der Waals surface area contributed by atoms with Gasteiger partial charge in [-0.2, -0.15) is 0 Å². The lowest BCUT2D eigenvalue weighted by atomic mass is 9.91. The van der Waals surface area contributed by atoms with Crippen molar-refractivity contribution in [2.75, 3.05) is 7.11 Å². The molecule has 6 nitrogen and oxygen atoms in total. The van der Waals surface area contributed by atoms with E-state index in [4.69, 9.17) is 4.74 Å². The predicted octanol–water partition coefficient (Wildman–Crippen LogP) is 3.09. The third-order valence-corrected chi connectivity index (χ3v) is 6.66. The summed E-state index contributed by atoms with van der Waals surface area (Å²) in [5.74, 6) is 0.132. The largest absolute Gasteiger partial charge is 0.497 e. The first-order chi connectivity index (χ1) is 13.4. The minimum Gasteiger partial charge on any atom is -0.497 e. The lowest BCUT2D eigenvalue weighted by molar-refractivity contribution is -0.121. The molecular formula is C21H20N2O4S. The zero-order valence-corrected chi connectivity index (χ0v) is 16.4. The second kappa shape index (κ2) is 6.60. The Morgan fingerprint density at radius 2 is 1.93 bits per heavy atom. The van der Waals surface area contributed by atoms with Gasteiger partial charge in [0.25, 0.3) is 10.0 Å². The van der Waals surface area contributed by atoms with Gasteiger partial charge in [-0.3, -0.25) is 9.78 Å². The predicted molar refractivity (Wildman–Crippen MR) is 106 cm³/mol. The van der Waals surface area contributed by atoms with Crippen molar-refractivity contribution in [3.63, 3.8) is 0 Å². The third kappa shape index (κ3) is 3.01. The van der Waals surface area contributed by atoms with E-state index in [0.717, 1.165) is 11.1 Å². The van der Waals surface area contributed by atoms with E-state index in [9.17, 15) is 13.2 Å². The van der Waals surface area contributed by atoms with Gasteiger partial charge in [0.2, 0.25) is 5.91 Å². The SMILES string of the molecule is COc1ccc(C)c(C2(C(=O)NS(=O)(=O)c3cccc4ncccc34)CC2)c1. The van der Waals surface area contributed by atoms with Crippen LogP contribution >= 0.6 is 0 Å². The van der Waals surface area contributed by atoms with Crippen LogP contribution in [0.15, 0.2) is 59.6 Å². The molecule has 0 atom stereocenters. The molecule has 0 bridgehead atoms. The molecule has 28 heavy (non-hydrogen) atoms. The molecule has 1 aliphatic rings. The van der Waals surface area contributed by atoms with Crippen molar-refractivity contribution in [2.45, 2.75) is 30.1 Å². The molecule has 1 amide bonds. The summed E-state index contributed by atoms with van der Waals surface area (Å²) in [5, 5.41) is 0.479. The Balaban J connectivity index is 1.70. The lowest BCUT2D eigenvalue weighted by Crippen LogP contribution is -2.39. The maximum absolute atomic E-state index is 13.1. The molecule has 7 heteroatoms. The first kappa shape index (κ1) is 18.4. The third-order valence-electron chi connectivity index (χ3n) is 5.27. The molecule has 0 saturated heterocycles. The molecular weight excluding hydrogens is 376 g/mol. The van der Waals surface area contributed by atoms with Gasteiger partial charge >= 0.3 is 0 Å². The number of sulfonamides is 1. The molecule has 4 rings (SSSR count). The van der Waals surface area contributed by atoms with Crippen LogP contribution in [0.5, 0.6) is 5.75 Å². The van der Waals surface area contributed by atoms with Crippen LogP contribution in [0, 0.1) is 6.92 Å². The topological polar surface area (TPSA) is 85.4 Å². The minimum atomic E-state index is -4.04. The van der Waals surface area contributed by atoms with Gasteiger partial charge in [-0.15, -0.1) is 0 Å². The summed E-state index contributed by atoms with van der Waals surface area (Å²) < 4.78 is 33.5. The Bertz CT molecular complexity index is 1180. The number of ether oxygens (including phenoxy) is 1. The number of nitrogens with one attached hydrogen (secondary N) is 1. The average molecular weight is 396 g/mol. The van der Waals surface area contributed by atoms with Crippen LogP contribution in [0.3, 0.4) is 0 Å². The normalized spacial score (nSPS) is 15.2. The van der Waals surface area contributed by atoms with E-state index in [1.165, 1.54) is 6.07 Å². The molecule has 0 spiro atoms. The molecule has 1 aliphatic carbocycles. The Labute approximate surface area is 163 Å². The highest BCUT2D eigenvalue weighted by Crippen LogP contribution is 2.50. The van der Waals surface area contributed by atoms with Gasteiger partial charge in [0.1, 0.15) is 5.75 Å². The van der Waals surface area contributed by atoms with Crippen LogP contribution in [-0.4, -0.2) is 26.4 Å². The molecule has 0 aliphatic heterocycles. The fraction of sp³-hybridized carbons (Fsp3) is 0.238. The summed E-state index contributed by atoms with van der Waals surface area (Å²) in [6.07, 6.45) is 2.79. The second-order valence-corrected chi connectivity index (χ2v) is 8.67. The number of aryl methyl sites for hydroxylation is 1. The number of carbonyl (C=O) groups excluding carboxylic acids is 1. The van der Waals surface area contributed by atoms with Gasteiger partial charge in [-0.05, 0) is 67.3 Å². The van der Waals surface area contributed by atoms with Crippen molar-refractivity contribution in [1.29, 1.82) is 0 Å². The first-order valence-corrected chi connectivity index (χ1v) is 10.4. The number of hydrogen-bond donors (Lipinski definition) is 1. The van der Waals surface area contributed by atoms with Crippen molar-refractivity contribution >= 4 is 26.8 Å². The zero-order valence-electron chi connectivity index (χ0n) is 15.6. The monoisotopic (exact) mass is 396 g/mol. The summed E-state index contributed by atoms with van der Waals surface area (Å²) in [6.45, 7) is 1.91. The average Bonchev–Trinajstić information content (AvgIpc) is 3.49. The molecule has 1 heterocycles. The number of pyridine rings is 1. The van der Waals surface area contributed by atoms with Crippen LogP contribution in [0.25, 0.3) is 10.9 Å². The Hall–Kier alpha value is -2.93. The highest BCUT2D eigenvalue weighted by Gasteiger charge is 2.53. The smallest absolute Gasteiger partial charge is 0.264 e. The molecule has 1 N–H and O–H groups in total. The standard InChI is InChI=1S/C21H20N2O4S/c1-14-8-9-15(27-2)13-17(14)21(10-11-21)20(24)23-28(25,26)19-7-3-6-18-16(19)5-4-12-22-18/h3-9,12-13H,10-11H2,1-2H3,(H,23,24). The van der Waals surface area contributed by atoms with E-state index in [2.05, 4.69) is 9.71 Å². The van der Waals surface area contributed by atoms with E-state index in [1.54, 1.807) is 37.6 Å². The summed E-state index contributed by atoms with van der Waals surface area (Å²) in [7, 11) is -2.47. The van der Waals surface area contributed by atoms with E-state index >= 15 is 0 Å². The number of aromatic nitrogens is 1. The van der Waals surface area contributed by atoms with Crippen molar-refractivity contribution in [1.82, 2.24) is 9.71 Å². The maximum Gasteiger partial charge on any atom is 0.264 e. The van der Waals surface area contributed by atoms with Gasteiger partial charge in [0, 0.05) is 11.6 Å². The quantitative estimate of drug-likeness (QED) is 0.716. The maximum atomic E-state index is 13.1. The van der Waals surface area contributed by atoms with Crippen LogP contribution < -0.4 is 9.46 Å². The fourth-order valence-corrected chi connectivity index (χ4v) is 4.84. The zero-order chi connectivity index (χ0) is 19.9. The van der Waals surface area contributed by atoms with Crippen LogP contribution in [0.4, 0.5) is 0 Å².